The molecule has 9 atom stereocenters. The molecule has 22 N–H and O–H groups in total. The molecule has 0 aliphatic rings. The van der Waals surface area contributed by atoms with E-state index in [-0.39, 0.29) is 130 Å². The van der Waals surface area contributed by atoms with Gasteiger partial charge in [-0.05, 0) is 123 Å². The van der Waals surface area contributed by atoms with Crippen LogP contribution in [0.1, 0.15) is 138 Å². The van der Waals surface area contributed by atoms with Gasteiger partial charge in [0.05, 0.1) is 12.6 Å². The third kappa shape index (κ3) is 32.0. The number of benzene rings is 2. The van der Waals surface area contributed by atoms with Crippen LogP contribution in [0.15, 0.2) is 58.5 Å². The molecule has 2 aromatic carbocycles. The first-order valence-electron chi connectivity index (χ1n) is 31.0. The van der Waals surface area contributed by atoms with E-state index in [1.54, 1.807) is 27.7 Å². The first-order valence-corrected chi connectivity index (χ1v) is 31.0. The third-order valence-corrected chi connectivity index (χ3v) is 14.0. The van der Waals surface area contributed by atoms with Crippen LogP contribution in [0.25, 0.3) is 0 Å². The number of amides is 9. The van der Waals surface area contributed by atoms with E-state index in [1.165, 1.54) is 48.5 Å². The summed E-state index contributed by atoms with van der Waals surface area (Å²) >= 11 is 0. The Hall–Kier alpha value is -8.76. The maximum atomic E-state index is 14.6. The van der Waals surface area contributed by atoms with E-state index < -0.39 is 120 Å². The topological polar surface area (TPSA) is 494 Å². The van der Waals surface area contributed by atoms with Gasteiger partial charge in [-0.25, -0.2) is 4.79 Å². The van der Waals surface area contributed by atoms with Crippen LogP contribution < -0.4 is 76.5 Å². The molecule has 0 aliphatic carbocycles. The minimum atomic E-state index is -1.43. The summed E-state index contributed by atoms with van der Waals surface area (Å²) in [7, 11) is 0. The number of aromatic hydroxyl groups is 2. The van der Waals surface area contributed by atoms with E-state index in [1.807, 2.05) is 41.5 Å². The van der Waals surface area contributed by atoms with E-state index >= 15 is 0 Å². The van der Waals surface area contributed by atoms with Gasteiger partial charge in [-0.15, -0.1) is 0 Å². The van der Waals surface area contributed by atoms with Crippen LogP contribution >= 0.6 is 0 Å². The highest BCUT2D eigenvalue weighted by molar-refractivity contribution is 5.98. The van der Waals surface area contributed by atoms with Crippen molar-refractivity contribution in [3.8, 4) is 11.5 Å². The highest BCUT2D eigenvalue weighted by Crippen LogP contribution is 2.17. The van der Waals surface area contributed by atoms with Gasteiger partial charge in [0.2, 0.25) is 53.2 Å². The quantitative estimate of drug-likeness (QED) is 0.0229. The number of aliphatic carboxylic acids is 1. The number of carbonyl (C=O) groups excluding carboxylic acids is 9. The Balaban J connectivity index is 2.48. The third-order valence-electron chi connectivity index (χ3n) is 14.0. The van der Waals surface area contributed by atoms with Crippen molar-refractivity contribution >= 4 is 71.1 Å². The molecule has 9 amide bonds. The SMILES string of the molecule is CC(C)C[C@H](NC(=O)[C@H](Cc1ccc(O)cc1)NC(=O)[C@H](CC(C)C)NC(=O)[C@H](CCCN=C(N)N)NC(=O)[C@H](CC(C)C)NC(=O)[C@H](CC(C)C)NC(=O)[C@H](CC(C)C)NC(=O)[C@@H](N)CCCN=C(N)N)C(=O)NCC(=O)N[C@@H](Cc1ccc(O)cc1)C(=O)O. The standard InChI is InChI=1S/C62H102N16O13/c1-33(2)25-44(53(83)70-32-51(81)71-50(60(90)91)31-39-17-21-41(80)22-18-39)74-59(89)49(30-38-15-19-40(79)20-16-38)78-58(88)47(28-36(7)8)75-54(84)43(14-12-24-69-62(66)67)72-55(85)46(27-35(5)6)76-57(87)48(29-37(9)10)77-56(86)45(26-34(3)4)73-52(82)42(63)13-11-23-68-61(64)65/h15-22,33-37,42-50,79-80H,11-14,23-32,63H2,1-10H3,(H,70,83)(H,71,81)(H,72,85)(H,73,82)(H,74,89)(H,75,84)(H,76,87)(H,77,86)(H,78,88)(H,90,91)(H4,64,65,68)(H4,66,67,69)/t42-,43-,44-,45-,46-,47-,48-,49-,50-/m0/s1. The smallest absolute Gasteiger partial charge is 0.326 e. The van der Waals surface area contributed by atoms with Gasteiger partial charge in [0.1, 0.15) is 59.8 Å². The van der Waals surface area contributed by atoms with Crippen molar-refractivity contribution in [2.75, 3.05) is 19.6 Å². The van der Waals surface area contributed by atoms with E-state index in [0.29, 0.717) is 17.5 Å². The van der Waals surface area contributed by atoms with E-state index in [9.17, 15) is 63.3 Å². The molecule has 2 aromatic rings. The molecule has 29 heteroatoms. The Morgan fingerprint density at radius 3 is 1.04 bits per heavy atom. The number of nitrogens with one attached hydrogen (secondary N) is 9. The summed E-state index contributed by atoms with van der Waals surface area (Å²) in [5.41, 5.74) is 29.1. The molecule has 0 aromatic heterocycles. The van der Waals surface area contributed by atoms with Crippen molar-refractivity contribution in [1.82, 2.24) is 47.9 Å². The van der Waals surface area contributed by atoms with Gasteiger partial charge in [-0.1, -0.05) is 93.5 Å². The van der Waals surface area contributed by atoms with Gasteiger partial charge in [0.25, 0.3) is 0 Å². The monoisotopic (exact) mass is 1280 g/mol. The van der Waals surface area contributed by atoms with Gasteiger partial charge in [-0.3, -0.25) is 53.1 Å². The van der Waals surface area contributed by atoms with E-state index in [0.717, 1.165) is 0 Å². The fraction of sp³-hybridized carbons (Fsp3) is 0.613. The molecule has 91 heavy (non-hydrogen) atoms. The molecule has 0 radical (unpaired) electrons. The number of carboxylic acids is 1. The number of phenols is 2. The fourth-order valence-corrected chi connectivity index (χ4v) is 9.53. The summed E-state index contributed by atoms with van der Waals surface area (Å²) in [6, 6.07) is 0.183. The number of carbonyl (C=O) groups is 10. The lowest BCUT2D eigenvalue weighted by atomic mass is 9.98. The summed E-state index contributed by atoms with van der Waals surface area (Å²) in [6.45, 7) is 17.8. The first kappa shape index (κ1) is 78.3. The van der Waals surface area contributed by atoms with Gasteiger partial charge < -0.3 is 91.8 Å². The van der Waals surface area contributed by atoms with Crippen molar-refractivity contribution in [2.45, 2.75) is 194 Å². The second-order valence-electron chi connectivity index (χ2n) is 25.0. The van der Waals surface area contributed by atoms with Crippen molar-refractivity contribution in [3.05, 3.63) is 59.7 Å². The van der Waals surface area contributed by atoms with Gasteiger partial charge in [-0.2, -0.15) is 0 Å². The summed E-state index contributed by atoms with van der Waals surface area (Å²) in [5, 5.41) is 53.6. The van der Waals surface area contributed by atoms with Crippen LogP contribution in [0.4, 0.5) is 0 Å². The summed E-state index contributed by atoms with van der Waals surface area (Å²) in [4.78, 5) is 147. The Morgan fingerprint density at radius 2 is 0.692 bits per heavy atom. The number of rotatable bonds is 41. The van der Waals surface area contributed by atoms with Crippen LogP contribution in [0.2, 0.25) is 0 Å². The Bertz CT molecular complexity index is 2750. The highest BCUT2D eigenvalue weighted by atomic mass is 16.4. The molecule has 29 nitrogen and oxygen atoms in total. The Morgan fingerprint density at radius 1 is 0.396 bits per heavy atom. The zero-order valence-corrected chi connectivity index (χ0v) is 54.3. The van der Waals surface area contributed by atoms with Crippen molar-refractivity contribution in [1.29, 1.82) is 0 Å². The van der Waals surface area contributed by atoms with Crippen LogP contribution in [-0.2, 0) is 60.8 Å². The van der Waals surface area contributed by atoms with Gasteiger partial charge in [0, 0.05) is 25.9 Å². The van der Waals surface area contributed by atoms with Crippen molar-refractivity contribution in [3.63, 3.8) is 0 Å². The van der Waals surface area contributed by atoms with Gasteiger partial charge in [0.15, 0.2) is 11.9 Å². The van der Waals surface area contributed by atoms with Gasteiger partial charge >= 0.3 is 5.97 Å². The number of hydrogen-bond donors (Lipinski definition) is 17. The number of hydrogen-bond acceptors (Lipinski definition) is 15. The minimum Gasteiger partial charge on any atom is -0.508 e. The highest BCUT2D eigenvalue weighted by Gasteiger charge is 2.36. The molecule has 0 saturated heterocycles. The average molecular weight is 1280 g/mol. The fourth-order valence-electron chi connectivity index (χ4n) is 9.53. The maximum Gasteiger partial charge on any atom is 0.326 e. The number of carboxylic acid groups (broad SMARTS) is 1. The largest absolute Gasteiger partial charge is 0.508 e. The molecule has 0 saturated carbocycles. The molecule has 0 fully saturated rings. The lowest BCUT2D eigenvalue weighted by Gasteiger charge is -2.29. The molecule has 2 rings (SSSR count). The van der Waals surface area contributed by atoms with E-state index in [2.05, 4.69) is 57.8 Å². The maximum absolute atomic E-state index is 14.6. The minimum absolute atomic E-state index is 0.0160. The zero-order chi connectivity index (χ0) is 68.7. The second kappa shape index (κ2) is 40.1. The number of phenolic OH excluding ortho intramolecular Hbond substituents is 2. The molecule has 0 aliphatic heterocycles. The molecule has 0 spiro atoms. The van der Waals surface area contributed by atoms with Crippen LogP contribution in [0.3, 0.4) is 0 Å². The predicted octanol–water partition coefficient (Wildman–Crippen LogP) is -0.373. The number of nitrogens with two attached hydrogens (primary N) is 5. The normalized spacial score (nSPS) is 14.2. The zero-order valence-electron chi connectivity index (χ0n) is 54.3. The number of aliphatic imine (C=N–C) groups is 2. The number of guanidine groups is 2. The van der Waals surface area contributed by atoms with E-state index in [4.69, 9.17) is 28.7 Å². The molecule has 0 heterocycles. The molecular formula is C62H102N16O13. The number of nitrogens with zero attached hydrogens (tertiary/aromatic N) is 2. The molecule has 0 unspecified atom stereocenters. The molecule has 508 valence electrons. The average Bonchev–Trinajstić information content (AvgIpc) is 1.80. The second-order valence-corrected chi connectivity index (χ2v) is 25.0. The first-order chi connectivity index (χ1) is 42.6. The lowest BCUT2D eigenvalue weighted by molar-refractivity contribution is -0.141. The summed E-state index contributed by atoms with van der Waals surface area (Å²) < 4.78 is 0. The molecule has 0 bridgehead atoms. The van der Waals surface area contributed by atoms with Crippen molar-refractivity contribution < 1.29 is 63.3 Å². The van der Waals surface area contributed by atoms with Crippen LogP contribution in [0, 0.1) is 29.6 Å². The van der Waals surface area contributed by atoms with Crippen LogP contribution in [0.5, 0.6) is 11.5 Å². The lowest BCUT2D eigenvalue weighted by Crippen LogP contribution is -2.61. The summed E-state index contributed by atoms with van der Waals surface area (Å²) in [6.07, 6.45) is 0.845. The van der Waals surface area contributed by atoms with Crippen molar-refractivity contribution in [2.24, 2.45) is 68.2 Å². The Kier molecular flexibility index (Phi) is 34.5. The summed E-state index contributed by atoms with van der Waals surface area (Å²) in [5.74, 6) is -9.52. The Labute approximate surface area is 533 Å². The van der Waals surface area contributed by atoms with Crippen LogP contribution in [-0.4, -0.2) is 160 Å². The molecular weight excluding hydrogens is 1180 g/mol. The predicted molar refractivity (Wildman–Crippen MR) is 345 cm³/mol.